The van der Waals surface area contributed by atoms with Gasteiger partial charge in [-0.15, -0.1) is 18.5 Å². The maximum absolute atomic E-state index is 2.72. The van der Waals surface area contributed by atoms with E-state index in [2.05, 4.69) is 60.0 Å². The molecule has 0 aliphatic rings. The van der Waals surface area contributed by atoms with Gasteiger partial charge in [0, 0.05) is 20.4 Å². The zero-order valence-electron chi connectivity index (χ0n) is 8.47. The summed E-state index contributed by atoms with van der Waals surface area (Å²) in [6, 6.07) is 0. The van der Waals surface area contributed by atoms with E-state index in [1.165, 1.54) is 0 Å². The molecule has 0 N–H and O–H groups in total. The van der Waals surface area contributed by atoms with E-state index < -0.39 is 0 Å². The van der Waals surface area contributed by atoms with E-state index in [4.69, 9.17) is 0 Å². The minimum atomic E-state index is 0. The molecule has 0 rings (SSSR count). The summed E-state index contributed by atoms with van der Waals surface area (Å²) >= 11 is 0. The topological polar surface area (TPSA) is 0 Å². The second kappa shape index (κ2) is 6.98. The zero-order valence-corrected chi connectivity index (χ0v) is 12.3. The first-order chi connectivity index (χ1) is 4.00. The summed E-state index contributed by atoms with van der Waals surface area (Å²) in [7, 11) is 5.43. The molecule has 0 aromatic carbocycles. The molecule has 0 radical (unpaired) electrons. The van der Waals surface area contributed by atoms with Crippen molar-refractivity contribution in [1.82, 2.24) is 0 Å². The normalized spacial score (nSPS) is 10.9. The fraction of sp³-hybridized carbons (Fsp3) is 1.00. The van der Waals surface area contributed by atoms with Gasteiger partial charge >= 0.3 is 0 Å². The molecule has 2 atom stereocenters. The molecule has 11 heavy (non-hydrogen) atoms. The summed E-state index contributed by atoms with van der Waals surface area (Å²) in [5.41, 5.74) is 0. The van der Waals surface area contributed by atoms with Crippen LogP contribution >= 0.6 is 18.5 Å². The summed E-state index contributed by atoms with van der Waals surface area (Å²) in [5.74, 6) is 0. The summed E-state index contributed by atoms with van der Waals surface area (Å²) in [5, 5.41) is 0.833. The van der Waals surface area contributed by atoms with E-state index >= 15 is 0 Å². The average Bonchev–Trinajstić information content (AvgIpc) is 1.12. The van der Waals surface area contributed by atoms with Gasteiger partial charge in [0.1, 0.15) is 0 Å². The molecule has 0 fully saturated rings. The van der Waals surface area contributed by atoms with Gasteiger partial charge in [-0.1, -0.05) is 41.5 Å². The Morgan fingerprint density at radius 1 is 0.636 bits per heavy atom. The maximum Gasteiger partial charge on any atom is 0 e. The Morgan fingerprint density at radius 3 is 0.636 bits per heavy atom. The molecule has 74 valence electrons. The Balaban J connectivity index is -0.000000107. The molecule has 0 spiro atoms. The molecule has 3 heteroatoms. The van der Waals surface area contributed by atoms with Gasteiger partial charge in [0.15, 0.2) is 0 Å². The van der Waals surface area contributed by atoms with Gasteiger partial charge in [-0.05, 0) is 10.3 Å². The fourth-order valence-corrected chi connectivity index (χ4v) is 0. The van der Waals surface area contributed by atoms with Crippen molar-refractivity contribution in [3.63, 3.8) is 0 Å². The van der Waals surface area contributed by atoms with Crippen LogP contribution in [-0.2, 0) is 20.4 Å². The number of rotatable bonds is 0. The molecule has 0 aromatic heterocycles. The minimum absolute atomic E-state index is 0. The van der Waals surface area contributed by atoms with E-state index in [1.54, 1.807) is 0 Å². The largest absolute Gasteiger partial charge is 0.132 e. The molecule has 0 aliphatic heterocycles. The van der Waals surface area contributed by atoms with Crippen molar-refractivity contribution in [3.05, 3.63) is 0 Å². The van der Waals surface area contributed by atoms with Gasteiger partial charge in [-0.2, -0.15) is 0 Å². The van der Waals surface area contributed by atoms with Crippen LogP contribution in [0.3, 0.4) is 0 Å². The van der Waals surface area contributed by atoms with Crippen molar-refractivity contribution < 1.29 is 20.4 Å². The van der Waals surface area contributed by atoms with E-state index in [-0.39, 0.29) is 20.4 Å². The van der Waals surface area contributed by atoms with Crippen LogP contribution in [0.15, 0.2) is 0 Å². The molecular formula is C8H22P2Pd. The molecule has 0 amide bonds. The van der Waals surface area contributed by atoms with E-state index in [0.717, 1.165) is 0 Å². The first kappa shape index (κ1) is 18.3. The molecule has 0 aromatic rings. The summed E-state index contributed by atoms with van der Waals surface area (Å²) < 4.78 is 0. The molecular weight excluding hydrogens is 264 g/mol. The van der Waals surface area contributed by atoms with Crippen LogP contribution in [0.1, 0.15) is 41.5 Å². The third-order valence-corrected chi connectivity index (χ3v) is 0. The smallest absolute Gasteiger partial charge is 0 e. The standard InChI is InChI=1S/2C4H11P.Pd/c2*1-4(2,3)5;/h2*5H2,1-3H3;. The monoisotopic (exact) mass is 286 g/mol. The second-order valence-corrected chi connectivity index (χ2v) is 8.20. The summed E-state index contributed by atoms with van der Waals surface area (Å²) in [6.07, 6.45) is 0. The van der Waals surface area contributed by atoms with Crippen molar-refractivity contribution in [3.8, 4) is 0 Å². The van der Waals surface area contributed by atoms with E-state index in [0.29, 0.717) is 10.3 Å². The molecule has 0 saturated carbocycles. The van der Waals surface area contributed by atoms with Gasteiger partial charge in [0.25, 0.3) is 0 Å². The van der Waals surface area contributed by atoms with Crippen LogP contribution in [0.2, 0.25) is 0 Å². The molecule has 0 saturated heterocycles. The van der Waals surface area contributed by atoms with Gasteiger partial charge in [0.05, 0.1) is 0 Å². The van der Waals surface area contributed by atoms with Crippen LogP contribution in [0.25, 0.3) is 0 Å². The van der Waals surface area contributed by atoms with Crippen molar-refractivity contribution >= 4 is 18.5 Å². The first-order valence-electron chi connectivity index (χ1n) is 3.58. The van der Waals surface area contributed by atoms with Gasteiger partial charge in [0.2, 0.25) is 0 Å². The number of hydrogen-bond donors (Lipinski definition) is 0. The Bertz CT molecular complexity index is 55.1. The maximum atomic E-state index is 2.72. The van der Waals surface area contributed by atoms with Gasteiger partial charge < -0.3 is 0 Å². The van der Waals surface area contributed by atoms with E-state index in [9.17, 15) is 0 Å². The number of hydrogen-bond acceptors (Lipinski definition) is 0. The molecule has 2 unspecified atom stereocenters. The van der Waals surface area contributed by atoms with Crippen LogP contribution < -0.4 is 0 Å². The van der Waals surface area contributed by atoms with Crippen molar-refractivity contribution in [1.29, 1.82) is 0 Å². The van der Waals surface area contributed by atoms with Crippen molar-refractivity contribution in [2.24, 2.45) is 0 Å². The molecule has 0 nitrogen and oxygen atoms in total. The predicted molar refractivity (Wildman–Crippen MR) is 58.9 cm³/mol. The van der Waals surface area contributed by atoms with E-state index in [1.807, 2.05) is 0 Å². The predicted octanol–water partition coefficient (Wildman–Crippen LogP) is 3.32. The summed E-state index contributed by atoms with van der Waals surface area (Å²) in [4.78, 5) is 0. The molecule has 0 bridgehead atoms. The third kappa shape index (κ3) is 451. The van der Waals surface area contributed by atoms with Crippen LogP contribution in [-0.4, -0.2) is 10.3 Å². The Morgan fingerprint density at radius 2 is 0.636 bits per heavy atom. The van der Waals surface area contributed by atoms with Gasteiger partial charge in [-0.3, -0.25) is 0 Å². The average molecular weight is 287 g/mol. The van der Waals surface area contributed by atoms with Crippen LogP contribution in [0, 0.1) is 0 Å². The third-order valence-electron chi connectivity index (χ3n) is 0. The van der Waals surface area contributed by atoms with Gasteiger partial charge in [-0.25, -0.2) is 0 Å². The Hall–Kier alpha value is 1.52. The second-order valence-electron chi connectivity index (χ2n) is 4.73. The van der Waals surface area contributed by atoms with Crippen molar-refractivity contribution in [2.75, 3.05) is 0 Å². The zero-order chi connectivity index (χ0) is 9.00. The molecule has 0 aliphatic carbocycles. The van der Waals surface area contributed by atoms with Crippen molar-refractivity contribution in [2.45, 2.75) is 51.9 Å². The quantitative estimate of drug-likeness (QED) is 0.473. The fourth-order valence-electron chi connectivity index (χ4n) is 0. The molecule has 0 heterocycles. The Labute approximate surface area is 90.7 Å². The first-order valence-corrected chi connectivity index (χ1v) is 4.73. The minimum Gasteiger partial charge on any atom is -0.132 e. The summed E-state index contributed by atoms with van der Waals surface area (Å²) in [6.45, 7) is 12.9. The SMILES string of the molecule is CC(C)(C)P.CC(C)(C)P.[Pd]. The van der Waals surface area contributed by atoms with Crippen LogP contribution in [0.4, 0.5) is 0 Å². The Kier molecular flexibility index (Phi) is 11.6. The van der Waals surface area contributed by atoms with Crippen LogP contribution in [0.5, 0.6) is 0 Å².